The molecule has 5 heteroatoms. The Morgan fingerprint density at radius 3 is 2.54 bits per heavy atom. The van der Waals surface area contributed by atoms with Gasteiger partial charge in [-0.1, -0.05) is 17.7 Å². The van der Waals surface area contributed by atoms with Crippen LogP contribution in [0.15, 0.2) is 60.0 Å². The van der Waals surface area contributed by atoms with Gasteiger partial charge >= 0.3 is 0 Å². The molecule has 0 saturated heterocycles. The first kappa shape index (κ1) is 18.2. The molecule has 2 heterocycles. The van der Waals surface area contributed by atoms with Crippen molar-refractivity contribution in [3.8, 4) is 16.3 Å². The number of rotatable bonds is 4. The average molecular weight is 388 g/mol. The third kappa shape index (κ3) is 3.49. The van der Waals surface area contributed by atoms with Crippen molar-refractivity contribution in [2.45, 2.75) is 13.8 Å². The molecule has 0 unspecified atom stereocenters. The van der Waals surface area contributed by atoms with E-state index in [9.17, 15) is 4.79 Å². The highest BCUT2D eigenvalue weighted by atomic mass is 32.1. The smallest absolute Gasteiger partial charge is 0.256 e. The quantitative estimate of drug-likeness (QED) is 0.478. The molecule has 2 aromatic carbocycles. The lowest BCUT2D eigenvalue weighted by Crippen LogP contribution is -2.13. The van der Waals surface area contributed by atoms with Crippen molar-refractivity contribution in [2.75, 3.05) is 12.4 Å². The van der Waals surface area contributed by atoms with Gasteiger partial charge in [-0.25, -0.2) is 4.98 Å². The van der Waals surface area contributed by atoms with Crippen LogP contribution in [0.5, 0.6) is 5.75 Å². The highest BCUT2D eigenvalue weighted by Crippen LogP contribution is 2.30. The number of aryl methyl sites for hydroxylation is 2. The molecule has 4 rings (SSSR count). The van der Waals surface area contributed by atoms with Crippen LogP contribution in [-0.2, 0) is 0 Å². The van der Waals surface area contributed by atoms with Crippen LogP contribution in [-0.4, -0.2) is 18.0 Å². The summed E-state index contributed by atoms with van der Waals surface area (Å²) in [5.74, 6) is 0.596. The summed E-state index contributed by atoms with van der Waals surface area (Å²) in [5, 5.41) is 5.87. The highest BCUT2D eigenvalue weighted by Gasteiger charge is 2.16. The van der Waals surface area contributed by atoms with Crippen molar-refractivity contribution in [1.29, 1.82) is 0 Å². The summed E-state index contributed by atoms with van der Waals surface area (Å²) in [6.45, 7) is 4.07. The standard InChI is InChI=1S/C23H20N2O2S/c1-14-11-15(2)22-18(12-14)19(13-20(25-22)21-5-4-10-28-21)23(26)24-16-6-8-17(27-3)9-7-16/h4-13H,1-3H3,(H,24,26). The lowest BCUT2D eigenvalue weighted by molar-refractivity contribution is 0.102. The molecular formula is C23H20N2O2S. The van der Waals surface area contributed by atoms with Crippen molar-refractivity contribution < 1.29 is 9.53 Å². The second-order valence-electron chi connectivity index (χ2n) is 6.69. The Morgan fingerprint density at radius 1 is 1.07 bits per heavy atom. The number of ether oxygens (including phenoxy) is 1. The number of nitrogens with zero attached hydrogens (tertiary/aromatic N) is 1. The van der Waals surface area contributed by atoms with E-state index in [4.69, 9.17) is 9.72 Å². The van der Waals surface area contributed by atoms with Gasteiger partial charge in [-0.2, -0.15) is 0 Å². The summed E-state index contributed by atoms with van der Waals surface area (Å²) in [6, 6.07) is 17.3. The van der Waals surface area contributed by atoms with Crippen LogP contribution in [0.1, 0.15) is 21.5 Å². The zero-order valence-electron chi connectivity index (χ0n) is 15.9. The van der Waals surface area contributed by atoms with Crippen molar-refractivity contribution in [2.24, 2.45) is 0 Å². The molecule has 140 valence electrons. The van der Waals surface area contributed by atoms with Gasteiger partial charge in [0.2, 0.25) is 0 Å². The maximum Gasteiger partial charge on any atom is 0.256 e. The molecule has 0 radical (unpaired) electrons. The fourth-order valence-electron chi connectivity index (χ4n) is 3.29. The molecule has 28 heavy (non-hydrogen) atoms. The van der Waals surface area contributed by atoms with Gasteiger partial charge in [0.1, 0.15) is 5.75 Å². The first-order valence-corrected chi connectivity index (χ1v) is 9.84. The van der Waals surface area contributed by atoms with E-state index in [0.717, 1.165) is 44.0 Å². The van der Waals surface area contributed by atoms with Crippen LogP contribution < -0.4 is 10.1 Å². The maximum atomic E-state index is 13.2. The Hall–Kier alpha value is -3.18. The van der Waals surface area contributed by atoms with Gasteiger partial charge in [-0.15, -0.1) is 11.3 Å². The molecule has 0 atom stereocenters. The van der Waals surface area contributed by atoms with E-state index >= 15 is 0 Å². The number of anilines is 1. The van der Waals surface area contributed by atoms with E-state index in [1.54, 1.807) is 18.4 Å². The molecule has 0 bridgehead atoms. The topological polar surface area (TPSA) is 51.2 Å². The third-order valence-corrected chi connectivity index (χ3v) is 5.51. The summed E-state index contributed by atoms with van der Waals surface area (Å²) >= 11 is 1.61. The van der Waals surface area contributed by atoms with Gasteiger partial charge in [0.25, 0.3) is 5.91 Å². The van der Waals surface area contributed by atoms with E-state index < -0.39 is 0 Å². The predicted molar refractivity (Wildman–Crippen MR) is 115 cm³/mol. The number of carbonyl (C=O) groups is 1. The summed E-state index contributed by atoms with van der Waals surface area (Å²) in [7, 11) is 1.62. The molecule has 0 aliphatic carbocycles. The van der Waals surface area contributed by atoms with Crippen molar-refractivity contribution in [3.05, 3.63) is 76.7 Å². The predicted octanol–water partition coefficient (Wildman–Crippen LogP) is 5.84. The summed E-state index contributed by atoms with van der Waals surface area (Å²) in [5.41, 5.74) is 5.18. The summed E-state index contributed by atoms with van der Waals surface area (Å²) in [4.78, 5) is 19.0. The molecule has 2 aromatic heterocycles. The van der Waals surface area contributed by atoms with Gasteiger partial charge < -0.3 is 10.1 Å². The van der Waals surface area contributed by atoms with Crippen molar-refractivity contribution >= 4 is 33.8 Å². The van der Waals surface area contributed by atoms with Gasteiger partial charge in [-0.05, 0) is 67.3 Å². The number of thiophene rings is 1. The molecule has 0 aliphatic rings. The maximum absolute atomic E-state index is 13.2. The largest absolute Gasteiger partial charge is 0.497 e. The lowest BCUT2D eigenvalue weighted by atomic mass is 10.0. The average Bonchev–Trinajstić information content (AvgIpc) is 3.22. The monoisotopic (exact) mass is 388 g/mol. The molecular weight excluding hydrogens is 368 g/mol. The van der Waals surface area contributed by atoms with Crippen LogP contribution in [0.2, 0.25) is 0 Å². The Labute approximate surface area is 167 Å². The second-order valence-corrected chi connectivity index (χ2v) is 7.64. The van der Waals surface area contributed by atoms with Crippen LogP contribution in [0.25, 0.3) is 21.5 Å². The van der Waals surface area contributed by atoms with Crippen LogP contribution in [0, 0.1) is 13.8 Å². The minimum atomic E-state index is -0.152. The molecule has 0 saturated carbocycles. The summed E-state index contributed by atoms with van der Waals surface area (Å²) < 4.78 is 5.18. The number of amides is 1. The number of hydrogen-bond donors (Lipinski definition) is 1. The van der Waals surface area contributed by atoms with Gasteiger partial charge in [0.05, 0.1) is 28.8 Å². The number of nitrogens with one attached hydrogen (secondary N) is 1. The Morgan fingerprint density at radius 2 is 1.86 bits per heavy atom. The number of methoxy groups -OCH3 is 1. The van der Waals surface area contributed by atoms with Crippen molar-refractivity contribution in [3.63, 3.8) is 0 Å². The second kappa shape index (κ2) is 7.44. The molecule has 1 N–H and O–H groups in total. The number of carbonyl (C=O) groups excluding carboxylic acids is 1. The molecule has 4 nitrogen and oxygen atoms in total. The molecule has 0 fully saturated rings. The van der Waals surface area contributed by atoms with Crippen LogP contribution in [0.4, 0.5) is 5.69 Å². The van der Waals surface area contributed by atoms with Crippen LogP contribution >= 0.6 is 11.3 Å². The fraction of sp³-hybridized carbons (Fsp3) is 0.130. The SMILES string of the molecule is COc1ccc(NC(=O)c2cc(-c3cccs3)nc3c(C)cc(C)cc23)cc1. The van der Waals surface area contributed by atoms with Gasteiger partial charge in [0, 0.05) is 11.1 Å². The molecule has 0 aliphatic heterocycles. The fourth-order valence-corrected chi connectivity index (χ4v) is 3.98. The molecule has 4 aromatic rings. The first-order chi connectivity index (χ1) is 13.5. The number of benzene rings is 2. The van der Waals surface area contributed by atoms with Gasteiger partial charge in [-0.3, -0.25) is 4.79 Å². The van der Waals surface area contributed by atoms with Crippen LogP contribution in [0.3, 0.4) is 0 Å². The van der Waals surface area contributed by atoms with E-state index in [1.807, 2.05) is 67.8 Å². The lowest BCUT2D eigenvalue weighted by Gasteiger charge is -2.12. The van der Waals surface area contributed by atoms with Crippen molar-refractivity contribution in [1.82, 2.24) is 4.98 Å². The molecule has 1 amide bonds. The number of fused-ring (bicyclic) bond motifs is 1. The number of hydrogen-bond acceptors (Lipinski definition) is 4. The Kier molecular flexibility index (Phi) is 4.84. The zero-order chi connectivity index (χ0) is 19.7. The third-order valence-electron chi connectivity index (χ3n) is 4.61. The Balaban J connectivity index is 1.82. The summed E-state index contributed by atoms with van der Waals surface area (Å²) in [6.07, 6.45) is 0. The Bertz CT molecular complexity index is 1150. The van der Waals surface area contributed by atoms with E-state index in [0.29, 0.717) is 5.56 Å². The van der Waals surface area contributed by atoms with E-state index in [1.165, 1.54) is 0 Å². The van der Waals surface area contributed by atoms with Gasteiger partial charge in [0.15, 0.2) is 0 Å². The first-order valence-electron chi connectivity index (χ1n) is 8.96. The zero-order valence-corrected chi connectivity index (χ0v) is 16.8. The van der Waals surface area contributed by atoms with E-state index in [2.05, 4.69) is 11.4 Å². The van der Waals surface area contributed by atoms with E-state index in [-0.39, 0.29) is 5.91 Å². The minimum Gasteiger partial charge on any atom is -0.497 e. The minimum absolute atomic E-state index is 0.152. The number of aromatic nitrogens is 1. The highest BCUT2D eigenvalue weighted by molar-refractivity contribution is 7.13. The molecule has 0 spiro atoms. The normalized spacial score (nSPS) is 10.8. The number of pyridine rings is 1.